The molecule has 3 rings (SSSR count). The summed E-state index contributed by atoms with van der Waals surface area (Å²) >= 11 is 5.72. The Bertz CT molecular complexity index is 706. The summed E-state index contributed by atoms with van der Waals surface area (Å²) < 4.78 is 1.25. The summed E-state index contributed by atoms with van der Waals surface area (Å²) in [7, 11) is 0. The molecule has 0 radical (unpaired) electrons. The lowest BCUT2D eigenvalue weighted by atomic mass is 9.89. The van der Waals surface area contributed by atoms with Crippen molar-refractivity contribution in [3.63, 3.8) is 0 Å². The molecule has 0 spiro atoms. The van der Waals surface area contributed by atoms with Crippen LogP contribution in [0.3, 0.4) is 0 Å². The summed E-state index contributed by atoms with van der Waals surface area (Å²) in [4.78, 5) is 7.07. The van der Waals surface area contributed by atoms with Gasteiger partial charge in [-0.3, -0.25) is 0 Å². The molecule has 2 nitrogen and oxygen atoms in total. The molecule has 0 fully saturated rings. The molecule has 0 saturated carbocycles. The first-order chi connectivity index (χ1) is 9.67. The van der Waals surface area contributed by atoms with Gasteiger partial charge in [0.1, 0.15) is 11.1 Å². The average molecular weight is 412 g/mol. The summed E-state index contributed by atoms with van der Waals surface area (Å²) in [6, 6.07) is 6.51. The quantitative estimate of drug-likeness (QED) is 0.496. The minimum absolute atomic E-state index is 0.725. The lowest BCUT2D eigenvalue weighted by Crippen LogP contribution is -2.09. The Morgan fingerprint density at radius 3 is 3.00 bits per heavy atom. The predicted molar refractivity (Wildman–Crippen MR) is 94.5 cm³/mol. The number of rotatable bonds is 2. The van der Waals surface area contributed by atoms with E-state index in [2.05, 4.69) is 52.7 Å². The van der Waals surface area contributed by atoms with Gasteiger partial charge < -0.3 is 0 Å². The first kappa shape index (κ1) is 14.2. The second kappa shape index (κ2) is 5.96. The molecule has 1 aliphatic carbocycles. The summed E-state index contributed by atoms with van der Waals surface area (Å²) in [5.74, 6) is 0.725. The zero-order valence-electron chi connectivity index (χ0n) is 11.0. The molecule has 2 heterocycles. The smallest absolute Gasteiger partial charge is 0.134 e. The maximum Gasteiger partial charge on any atom is 0.134 e. The summed E-state index contributed by atoms with van der Waals surface area (Å²) in [5.41, 5.74) is 2.06. The van der Waals surface area contributed by atoms with E-state index in [0.717, 1.165) is 34.2 Å². The third-order valence-corrected chi connectivity index (χ3v) is 6.50. The number of fused-ring (bicyclic) bond motifs is 1. The molecule has 102 valence electrons. The van der Waals surface area contributed by atoms with Crippen molar-refractivity contribution in [2.75, 3.05) is 0 Å². The summed E-state index contributed by atoms with van der Waals surface area (Å²) in [6.45, 7) is 2.28. The van der Waals surface area contributed by atoms with Crippen LogP contribution in [-0.2, 0) is 12.8 Å². The molecule has 2 aromatic rings. The molecule has 1 aliphatic rings. The van der Waals surface area contributed by atoms with Crippen LogP contribution in [0, 0.1) is 20.1 Å². The van der Waals surface area contributed by atoms with Gasteiger partial charge in [0.15, 0.2) is 0 Å². The average Bonchev–Trinajstić information content (AvgIpc) is 2.98. The molecule has 2 aromatic heterocycles. The van der Waals surface area contributed by atoms with Crippen LogP contribution < -0.4 is 0 Å². The fraction of sp³-hybridized carbons (Fsp3) is 0.333. The normalized spacial score (nSPS) is 18.1. The second-order valence-electron chi connectivity index (χ2n) is 5.04. The predicted octanol–water partition coefficient (Wildman–Crippen LogP) is 5.16. The van der Waals surface area contributed by atoms with Crippen molar-refractivity contribution in [3.05, 3.63) is 35.9 Å². The molecule has 0 amide bonds. The van der Waals surface area contributed by atoms with Gasteiger partial charge in [-0.05, 0) is 65.5 Å². The Kier molecular flexibility index (Phi) is 4.24. The highest BCUT2D eigenvalue weighted by Gasteiger charge is 2.23. The van der Waals surface area contributed by atoms with Gasteiger partial charge in [0.2, 0.25) is 0 Å². The van der Waals surface area contributed by atoms with Gasteiger partial charge in [-0.2, -0.15) is 5.26 Å². The van der Waals surface area contributed by atoms with Gasteiger partial charge in [-0.25, -0.2) is 4.99 Å². The molecule has 1 atom stereocenters. The Balaban J connectivity index is 1.94. The van der Waals surface area contributed by atoms with E-state index in [-0.39, 0.29) is 0 Å². The zero-order chi connectivity index (χ0) is 14.1. The monoisotopic (exact) mass is 412 g/mol. The number of thiophene rings is 2. The topological polar surface area (TPSA) is 36.1 Å². The van der Waals surface area contributed by atoms with Crippen LogP contribution in [0.5, 0.6) is 0 Å². The largest absolute Gasteiger partial charge is 0.243 e. The number of nitrogens with zero attached hydrogens (tertiary/aromatic N) is 2. The highest BCUT2D eigenvalue weighted by Crippen LogP contribution is 2.40. The van der Waals surface area contributed by atoms with Gasteiger partial charge in [0.05, 0.1) is 8.45 Å². The van der Waals surface area contributed by atoms with Gasteiger partial charge in [-0.15, -0.1) is 22.7 Å². The van der Waals surface area contributed by atoms with E-state index >= 15 is 0 Å². The van der Waals surface area contributed by atoms with Crippen LogP contribution in [0.15, 0.2) is 17.1 Å². The third kappa shape index (κ3) is 2.83. The standard InChI is InChI=1S/C15H13IN2S2/c1-9-2-4-11-12(7-17)15(20-13(11)6-9)18-8-10-3-5-14(16)19-10/h3,5,8-9H,2,4,6H2,1H3/t9-/m1/s1. The van der Waals surface area contributed by atoms with Crippen molar-refractivity contribution in [3.8, 4) is 6.07 Å². The highest BCUT2D eigenvalue weighted by molar-refractivity contribution is 14.1. The Hall–Kier alpha value is -0.710. The van der Waals surface area contributed by atoms with Crippen molar-refractivity contribution in [1.82, 2.24) is 0 Å². The first-order valence-corrected chi connectivity index (χ1v) is 9.22. The van der Waals surface area contributed by atoms with Crippen LogP contribution in [0.25, 0.3) is 0 Å². The van der Waals surface area contributed by atoms with E-state index in [1.54, 1.807) is 22.7 Å². The van der Waals surface area contributed by atoms with E-state index in [4.69, 9.17) is 0 Å². The van der Waals surface area contributed by atoms with Crippen molar-refractivity contribution < 1.29 is 0 Å². The molecule has 0 aromatic carbocycles. The van der Waals surface area contributed by atoms with Crippen molar-refractivity contribution in [1.29, 1.82) is 5.26 Å². The Morgan fingerprint density at radius 2 is 2.30 bits per heavy atom. The number of aliphatic imine (C=N–C) groups is 1. The van der Waals surface area contributed by atoms with Crippen LogP contribution in [-0.4, -0.2) is 6.21 Å². The molecule has 5 heteroatoms. The zero-order valence-corrected chi connectivity index (χ0v) is 14.8. The molecule has 0 bridgehead atoms. The second-order valence-corrected chi connectivity index (χ2v) is 9.14. The van der Waals surface area contributed by atoms with Gasteiger partial charge in [0.25, 0.3) is 0 Å². The van der Waals surface area contributed by atoms with Gasteiger partial charge in [-0.1, -0.05) is 6.92 Å². The maximum atomic E-state index is 9.41. The van der Waals surface area contributed by atoms with Gasteiger partial charge in [0, 0.05) is 16.0 Å². The van der Waals surface area contributed by atoms with Crippen molar-refractivity contribution in [2.45, 2.75) is 26.2 Å². The summed E-state index contributed by atoms with van der Waals surface area (Å²) in [5, 5.41) is 10.3. The van der Waals surface area contributed by atoms with Crippen LogP contribution >= 0.6 is 45.3 Å². The first-order valence-electron chi connectivity index (χ1n) is 6.51. The SMILES string of the molecule is C[C@@H]1CCc2c(sc(N=Cc3ccc(I)s3)c2C#N)C1. The fourth-order valence-electron chi connectivity index (χ4n) is 2.46. The minimum atomic E-state index is 0.725. The lowest BCUT2D eigenvalue weighted by molar-refractivity contribution is 0.507. The van der Waals surface area contributed by atoms with Crippen LogP contribution in [0.2, 0.25) is 0 Å². The Labute approximate surface area is 140 Å². The van der Waals surface area contributed by atoms with E-state index in [1.807, 2.05) is 6.21 Å². The molecule has 20 heavy (non-hydrogen) atoms. The fourth-order valence-corrected chi connectivity index (χ4v) is 5.31. The van der Waals surface area contributed by atoms with Crippen molar-refractivity contribution in [2.24, 2.45) is 10.9 Å². The number of halogens is 1. The van der Waals surface area contributed by atoms with Crippen LogP contribution in [0.1, 0.15) is 34.2 Å². The van der Waals surface area contributed by atoms with E-state index in [9.17, 15) is 5.26 Å². The number of hydrogen-bond donors (Lipinski definition) is 0. The highest BCUT2D eigenvalue weighted by atomic mass is 127. The molecule has 0 saturated heterocycles. The van der Waals surface area contributed by atoms with E-state index in [0.29, 0.717) is 0 Å². The molecular formula is C15H13IN2S2. The van der Waals surface area contributed by atoms with Crippen molar-refractivity contribution >= 4 is 56.5 Å². The molecule has 0 N–H and O–H groups in total. The van der Waals surface area contributed by atoms with E-state index < -0.39 is 0 Å². The Morgan fingerprint density at radius 1 is 1.45 bits per heavy atom. The molecule has 0 unspecified atom stereocenters. The molecule has 0 aliphatic heterocycles. The van der Waals surface area contributed by atoms with Crippen LogP contribution in [0.4, 0.5) is 5.00 Å². The van der Waals surface area contributed by atoms with Gasteiger partial charge >= 0.3 is 0 Å². The molecular weight excluding hydrogens is 399 g/mol. The minimum Gasteiger partial charge on any atom is -0.243 e. The summed E-state index contributed by atoms with van der Waals surface area (Å²) in [6.07, 6.45) is 5.20. The maximum absolute atomic E-state index is 9.41. The van der Waals surface area contributed by atoms with E-state index in [1.165, 1.54) is 19.7 Å². The number of hydrogen-bond acceptors (Lipinski definition) is 4. The third-order valence-electron chi connectivity index (χ3n) is 3.51. The lowest BCUT2D eigenvalue weighted by Gasteiger charge is -2.17. The number of nitriles is 1.